The number of aromatic carboxylic acids is 1. The maximum atomic E-state index is 13.6. The van der Waals surface area contributed by atoms with Crippen LogP contribution in [-0.2, 0) is 14.9 Å². The van der Waals surface area contributed by atoms with Crippen molar-refractivity contribution in [2.45, 2.75) is 69.7 Å². The maximum absolute atomic E-state index is 13.6. The van der Waals surface area contributed by atoms with Crippen LogP contribution in [0.4, 0.5) is 0 Å². The molecule has 1 saturated heterocycles. The Labute approximate surface area is 208 Å². The van der Waals surface area contributed by atoms with Crippen molar-refractivity contribution < 1.29 is 24.2 Å². The van der Waals surface area contributed by atoms with E-state index in [0.29, 0.717) is 26.1 Å². The standard InChI is InChI=1S/C29H37NO5/c1-21(23-7-9-24(10-8-23)27(31)32)30-28(33)29(16-19-34-20-17-29)25-11-13-26(14-12-25)35-18-15-22-5-3-2-4-6-22/h7-14,21-22H,2-6,15-20H2,1H3,(H,30,33)(H,31,32)/t21-/m0/s1. The molecule has 35 heavy (non-hydrogen) atoms. The molecule has 0 radical (unpaired) electrons. The van der Waals surface area contributed by atoms with Crippen molar-refractivity contribution in [1.82, 2.24) is 5.32 Å². The number of hydrogen-bond acceptors (Lipinski definition) is 4. The van der Waals surface area contributed by atoms with Crippen molar-refractivity contribution in [1.29, 1.82) is 0 Å². The lowest BCUT2D eigenvalue weighted by Crippen LogP contribution is -2.48. The fourth-order valence-electron chi connectivity index (χ4n) is 5.39. The minimum absolute atomic E-state index is 0.0263. The molecule has 2 N–H and O–H groups in total. The Morgan fingerprint density at radius 1 is 1.03 bits per heavy atom. The second kappa shape index (κ2) is 11.7. The van der Waals surface area contributed by atoms with Crippen LogP contribution in [0.3, 0.4) is 0 Å². The van der Waals surface area contributed by atoms with Crippen molar-refractivity contribution >= 4 is 11.9 Å². The molecule has 188 valence electrons. The van der Waals surface area contributed by atoms with Gasteiger partial charge in [0.05, 0.1) is 23.6 Å². The number of carbonyl (C=O) groups is 2. The molecular weight excluding hydrogens is 442 g/mol. The first-order valence-corrected chi connectivity index (χ1v) is 12.9. The molecule has 1 amide bonds. The molecule has 2 aliphatic rings. The zero-order valence-electron chi connectivity index (χ0n) is 20.6. The quantitative estimate of drug-likeness (QED) is 0.485. The summed E-state index contributed by atoms with van der Waals surface area (Å²) < 4.78 is 11.6. The number of nitrogens with one attached hydrogen (secondary N) is 1. The number of benzene rings is 2. The third-order valence-electron chi connectivity index (χ3n) is 7.71. The van der Waals surface area contributed by atoms with Gasteiger partial charge in [0.2, 0.25) is 5.91 Å². The van der Waals surface area contributed by atoms with Gasteiger partial charge < -0.3 is 19.9 Å². The van der Waals surface area contributed by atoms with Crippen LogP contribution >= 0.6 is 0 Å². The molecule has 6 heteroatoms. The summed E-state index contributed by atoms with van der Waals surface area (Å²) >= 11 is 0. The van der Waals surface area contributed by atoms with Crippen molar-refractivity contribution in [2.24, 2.45) is 5.92 Å². The first-order chi connectivity index (χ1) is 17.0. The van der Waals surface area contributed by atoms with Gasteiger partial charge in [0, 0.05) is 13.2 Å². The molecule has 2 aromatic carbocycles. The highest BCUT2D eigenvalue weighted by molar-refractivity contribution is 5.89. The predicted molar refractivity (Wildman–Crippen MR) is 135 cm³/mol. The summed E-state index contributed by atoms with van der Waals surface area (Å²) in [4.78, 5) is 24.7. The monoisotopic (exact) mass is 479 g/mol. The summed E-state index contributed by atoms with van der Waals surface area (Å²) in [5, 5.41) is 12.3. The summed E-state index contributed by atoms with van der Waals surface area (Å²) in [5.74, 6) is 0.649. The van der Waals surface area contributed by atoms with Crippen molar-refractivity contribution in [3.63, 3.8) is 0 Å². The van der Waals surface area contributed by atoms with Crippen LogP contribution in [-0.4, -0.2) is 36.8 Å². The predicted octanol–water partition coefficient (Wildman–Crippen LogP) is 5.66. The summed E-state index contributed by atoms with van der Waals surface area (Å²) in [5.41, 5.74) is 1.42. The van der Waals surface area contributed by atoms with E-state index in [1.165, 1.54) is 32.1 Å². The topological polar surface area (TPSA) is 84.9 Å². The maximum Gasteiger partial charge on any atom is 0.335 e. The molecule has 1 aliphatic carbocycles. The van der Waals surface area contributed by atoms with Crippen molar-refractivity contribution in [3.05, 3.63) is 65.2 Å². The normalized spacial score (nSPS) is 19.0. The Bertz CT molecular complexity index is 973. The molecule has 0 unspecified atom stereocenters. The van der Waals surface area contributed by atoms with Crippen LogP contribution in [0.2, 0.25) is 0 Å². The van der Waals surface area contributed by atoms with E-state index in [4.69, 9.17) is 14.6 Å². The van der Waals surface area contributed by atoms with Crippen LogP contribution in [0.1, 0.15) is 85.8 Å². The number of ether oxygens (including phenoxy) is 2. The van der Waals surface area contributed by atoms with Gasteiger partial charge in [0.1, 0.15) is 5.75 Å². The number of amides is 1. The van der Waals surface area contributed by atoms with Gasteiger partial charge >= 0.3 is 5.97 Å². The molecular formula is C29H37NO5. The molecule has 0 spiro atoms. The van der Waals surface area contributed by atoms with E-state index in [1.54, 1.807) is 24.3 Å². The smallest absolute Gasteiger partial charge is 0.335 e. The van der Waals surface area contributed by atoms with E-state index in [1.807, 2.05) is 31.2 Å². The molecule has 2 aromatic rings. The summed E-state index contributed by atoms with van der Waals surface area (Å²) in [6.45, 7) is 3.73. The molecule has 1 atom stereocenters. The fraction of sp³-hybridized carbons (Fsp3) is 0.517. The Hall–Kier alpha value is -2.86. The first-order valence-electron chi connectivity index (χ1n) is 12.9. The van der Waals surface area contributed by atoms with Gasteiger partial charge in [-0.15, -0.1) is 0 Å². The average molecular weight is 480 g/mol. The lowest BCUT2D eigenvalue weighted by Gasteiger charge is -2.37. The molecule has 0 bridgehead atoms. The number of carbonyl (C=O) groups excluding carboxylic acids is 1. The second-order valence-electron chi connectivity index (χ2n) is 9.98. The number of rotatable bonds is 9. The minimum atomic E-state index is -0.962. The van der Waals surface area contributed by atoms with Crippen molar-refractivity contribution in [2.75, 3.05) is 19.8 Å². The molecule has 2 fully saturated rings. The molecule has 1 aliphatic heterocycles. The molecule has 1 saturated carbocycles. The van der Waals surface area contributed by atoms with Gasteiger partial charge in [0.25, 0.3) is 0 Å². The Balaban J connectivity index is 1.41. The van der Waals surface area contributed by atoms with E-state index in [2.05, 4.69) is 5.32 Å². The van der Waals surface area contributed by atoms with Gasteiger partial charge in [-0.3, -0.25) is 4.79 Å². The fourth-order valence-corrected chi connectivity index (χ4v) is 5.39. The van der Waals surface area contributed by atoms with Crippen molar-refractivity contribution in [3.8, 4) is 5.75 Å². The zero-order valence-corrected chi connectivity index (χ0v) is 20.6. The highest BCUT2D eigenvalue weighted by Crippen LogP contribution is 2.37. The molecule has 1 heterocycles. The highest BCUT2D eigenvalue weighted by Gasteiger charge is 2.42. The van der Waals surface area contributed by atoms with E-state index in [0.717, 1.165) is 35.8 Å². The number of carboxylic acids is 1. The average Bonchev–Trinajstić information content (AvgIpc) is 2.90. The summed E-state index contributed by atoms with van der Waals surface area (Å²) in [6.07, 6.45) is 9.05. The zero-order chi connectivity index (χ0) is 24.7. The van der Waals surface area contributed by atoms with Crippen LogP contribution in [0, 0.1) is 5.92 Å². The number of carboxylic acid groups (broad SMARTS) is 1. The van der Waals surface area contributed by atoms with Crippen LogP contribution in [0.25, 0.3) is 0 Å². The third-order valence-corrected chi connectivity index (χ3v) is 7.71. The van der Waals surface area contributed by atoms with E-state index < -0.39 is 11.4 Å². The van der Waals surface area contributed by atoms with Crippen LogP contribution in [0.15, 0.2) is 48.5 Å². The van der Waals surface area contributed by atoms with Crippen LogP contribution in [0.5, 0.6) is 5.75 Å². The van der Waals surface area contributed by atoms with Crippen LogP contribution < -0.4 is 10.1 Å². The lowest BCUT2D eigenvalue weighted by molar-refractivity contribution is -0.131. The third kappa shape index (κ3) is 6.23. The van der Waals surface area contributed by atoms with Gasteiger partial charge in [-0.05, 0) is 67.5 Å². The van der Waals surface area contributed by atoms with Gasteiger partial charge in [-0.25, -0.2) is 4.79 Å². The van der Waals surface area contributed by atoms with Gasteiger partial charge in [-0.1, -0.05) is 56.4 Å². The lowest BCUT2D eigenvalue weighted by atomic mass is 9.73. The summed E-state index contributed by atoms with van der Waals surface area (Å²) in [7, 11) is 0. The van der Waals surface area contributed by atoms with E-state index in [-0.39, 0.29) is 17.5 Å². The SMILES string of the molecule is C[C@H](NC(=O)C1(c2ccc(OCCC3CCCCC3)cc2)CCOCC1)c1ccc(C(=O)O)cc1. The Morgan fingerprint density at radius 2 is 1.69 bits per heavy atom. The molecule has 4 rings (SSSR count). The number of hydrogen-bond donors (Lipinski definition) is 2. The molecule has 6 nitrogen and oxygen atoms in total. The van der Waals surface area contributed by atoms with E-state index >= 15 is 0 Å². The van der Waals surface area contributed by atoms with Gasteiger partial charge in [0.15, 0.2) is 0 Å². The Kier molecular flexibility index (Phi) is 8.45. The second-order valence-corrected chi connectivity index (χ2v) is 9.98. The molecule has 0 aromatic heterocycles. The highest BCUT2D eigenvalue weighted by atomic mass is 16.5. The minimum Gasteiger partial charge on any atom is -0.494 e. The first kappa shape index (κ1) is 25.2. The van der Waals surface area contributed by atoms with E-state index in [9.17, 15) is 9.59 Å². The Morgan fingerprint density at radius 3 is 2.31 bits per heavy atom. The largest absolute Gasteiger partial charge is 0.494 e. The summed E-state index contributed by atoms with van der Waals surface area (Å²) in [6, 6.07) is 14.4. The van der Waals surface area contributed by atoms with Gasteiger partial charge in [-0.2, -0.15) is 0 Å².